The summed E-state index contributed by atoms with van der Waals surface area (Å²) in [6.45, 7) is 0.0946. The predicted octanol–water partition coefficient (Wildman–Crippen LogP) is 2.73. The summed E-state index contributed by atoms with van der Waals surface area (Å²) in [6, 6.07) is 4.40. The lowest BCUT2D eigenvalue weighted by molar-refractivity contribution is -0.131. The van der Waals surface area contributed by atoms with Gasteiger partial charge in [-0.25, -0.2) is 4.39 Å². The number of carbonyl (C=O) groups is 1. The lowest BCUT2D eigenvalue weighted by Crippen LogP contribution is -2.44. The molecule has 128 valence electrons. The SMILES string of the molecule is Cn1nnc2c1CCC(N(Cc1c(F)cccc1Cl)C(=O)CCl)C2. The van der Waals surface area contributed by atoms with Gasteiger partial charge in [-0.1, -0.05) is 22.9 Å². The van der Waals surface area contributed by atoms with E-state index in [1.807, 2.05) is 7.05 Å². The summed E-state index contributed by atoms with van der Waals surface area (Å²) in [4.78, 5) is 13.9. The second kappa shape index (κ2) is 7.07. The number of fused-ring (bicyclic) bond motifs is 1. The number of hydrogen-bond donors (Lipinski definition) is 0. The van der Waals surface area contributed by atoms with E-state index in [9.17, 15) is 9.18 Å². The molecule has 2 aromatic rings. The first-order valence-corrected chi connectivity index (χ1v) is 8.58. The first-order valence-electron chi connectivity index (χ1n) is 7.67. The second-order valence-electron chi connectivity index (χ2n) is 5.86. The van der Waals surface area contributed by atoms with Crippen LogP contribution in [0.1, 0.15) is 23.4 Å². The highest BCUT2D eigenvalue weighted by Crippen LogP contribution is 2.27. The van der Waals surface area contributed by atoms with Crippen LogP contribution in [-0.4, -0.2) is 37.7 Å². The van der Waals surface area contributed by atoms with Gasteiger partial charge in [0.25, 0.3) is 0 Å². The van der Waals surface area contributed by atoms with Crippen LogP contribution in [0, 0.1) is 5.82 Å². The van der Waals surface area contributed by atoms with Crippen molar-refractivity contribution in [2.24, 2.45) is 7.05 Å². The van der Waals surface area contributed by atoms with E-state index in [2.05, 4.69) is 10.3 Å². The topological polar surface area (TPSA) is 51.0 Å². The molecule has 1 unspecified atom stereocenters. The minimum Gasteiger partial charge on any atom is -0.334 e. The van der Waals surface area contributed by atoms with Gasteiger partial charge in [0.2, 0.25) is 5.91 Å². The van der Waals surface area contributed by atoms with Crippen LogP contribution in [0.4, 0.5) is 4.39 Å². The number of aryl methyl sites for hydroxylation is 1. The van der Waals surface area contributed by atoms with Crippen LogP contribution in [0.3, 0.4) is 0 Å². The van der Waals surface area contributed by atoms with Crippen molar-refractivity contribution in [1.82, 2.24) is 19.9 Å². The Morgan fingerprint density at radius 2 is 2.29 bits per heavy atom. The first-order chi connectivity index (χ1) is 11.5. The molecule has 1 atom stereocenters. The molecule has 1 heterocycles. The summed E-state index contributed by atoms with van der Waals surface area (Å²) in [5, 5.41) is 8.49. The van der Waals surface area contributed by atoms with Gasteiger partial charge in [-0.3, -0.25) is 9.48 Å². The Bertz CT molecular complexity index is 744. The quantitative estimate of drug-likeness (QED) is 0.777. The minimum absolute atomic E-state index is 0.0946. The fraction of sp³-hybridized carbons (Fsp3) is 0.438. The van der Waals surface area contributed by atoms with Gasteiger partial charge < -0.3 is 4.90 Å². The summed E-state index contributed by atoms with van der Waals surface area (Å²) in [6.07, 6.45) is 2.10. The molecule has 5 nitrogen and oxygen atoms in total. The van der Waals surface area contributed by atoms with Crippen LogP contribution in [0.2, 0.25) is 5.02 Å². The van der Waals surface area contributed by atoms with Gasteiger partial charge in [-0.15, -0.1) is 16.7 Å². The number of halogens is 3. The predicted molar refractivity (Wildman–Crippen MR) is 89.5 cm³/mol. The van der Waals surface area contributed by atoms with E-state index in [0.717, 1.165) is 24.2 Å². The van der Waals surface area contributed by atoms with E-state index < -0.39 is 5.82 Å². The van der Waals surface area contributed by atoms with Crippen molar-refractivity contribution < 1.29 is 9.18 Å². The highest BCUT2D eigenvalue weighted by molar-refractivity contribution is 6.31. The average Bonchev–Trinajstić information content (AvgIpc) is 2.94. The first kappa shape index (κ1) is 17.2. The number of rotatable bonds is 4. The third-order valence-electron chi connectivity index (χ3n) is 4.43. The Labute approximate surface area is 149 Å². The number of amides is 1. The third-order valence-corrected chi connectivity index (χ3v) is 5.01. The molecule has 0 N–H and O–H groups in total. The standard InChI is InChI=1S/C16H17Cl2FN4O/c1-22-15-6-5-10(7-14(15)20-21-22)23(16(24)8-17)9-11-12(18)3-2-4-13(11)19/h2-4,10H,5-9H2,1H3. The maximum Gasteiger partial charge on any atom is 0.238 e. The molecule has 0 bridgehead atoms. The van der Waals surface area contributed by atoms with Crippen molar-refractivity contribution in [3.63, 3.8) is 0 Å². The van der Waals surface area contributed by atoms with Crippen molar-refractivity contribution >= 4 is 29.1 Å². The molecule has 0 saturated carbocycles. The van der Waals surface area contributed by atoms with Crippen LogP contribution in [0.5, 0.6) is 0 Å². The van der Waals surface area contributed by atoms with Crippen molar-refractivity contribution in [2.45, 2.75) is 31.8 Å². The average molecular weight is 371 g/mol. The minimum atomic E-state index is -0.425. The molecule has 1 aliphatic rings. The van der Waals surface area contributed by atoms with Crippen LogP contribution in [0.25, 0.3) is 0 Å². The summed E-state index contributed by atoms with van der Waals surface area (Å²) < 4.78 is 15.9. The lowest BCUT2D eigenvalue weighted by atomic mass is 9.94. The number of hydrogen-bond acceptors (Lipinski definition) is 3. The molecular weight excluding hydrogens is 354 g/mol. The Balaban J connectivity index is 1.87. The number of carbonyl (C=O) groups excluding carboxylic acids is 1. The van der Waals surface area contributed by atoms with Crippen molar-refractivity contribution in [3.05, 3.63) is 46.0 Å². The van der Waals surface area contributed by atoms with E-state index in [1.54, 1.807) is 21.7 Å². The number of aromatic nitrogens is 3. The normalized spacial score (nSPS) is 16.8. The fourth-order valence-electron chi connectivity index (χ4n) is 3.13. The Morgan fingerprint density at radius 3 is 3.00 bits per heavy atom. The van der Waals surface area contributed by atoms with Crippen molar-refractivity contribution in [1.29, 1.82) is 0 Å². The number of nitrogens with zero attached hydrogens (tertiary/aromatic N) is 4. The highest BCUT2D eigenvalue weighted by Gasteiger charge is 2.31. The van der Waals surface area contributed by atoms with Gasteiger partial charge in [-0.05, 0) is 25.0 Å². The molecular formula is C16H17Cl2FN4O. The van der Waals surface area contributed by atoms with Crippen LogP contribution < -0.4 is 0 Å². The molecule has 1 aromatic heterocycles. The molecule has 1 aromatic carbocycles. The zero-order valence-electron chi connectivity index (χ0n) is 13.2. The molecule has 24 heavy (non-hydrogen) atoms. The Morgan fingerprint density at radius 1 is 1.50 bits per heavy atom. The van der Waals surface area contributed by atoms with E-state index in [0.29, 0.717) is 17.0 Å². The van der Waals surface area contributed by atoms with Gasteiger partial charge in [0, 0.05) is 30.1 Å². The van der Waals surface area contributed by atoms with Gasteiger partial charge in [0.05, 0.1) is 17.9 Å². The molecule has 0 spiro atoms. The van der Waals surface area contributed by atoms with Crippen molar-refractivity contribution in [3.8, 4) is 0 Å². The monoisotopic (exact) mass is 370 g/mol. The van der Waals surface area contributed by atoms with E-state index in [-0.39, 0.29) is 24.4 Å². The van der Waals surface area contributed by atoms with Crippen LogP contribution >= 0.6 is 23.2 Å². The number of benzene rings is 1. The van der Waals surface area contributed by atoms with E-state index >= 15 is 0 Å². The summed E-state index contributed by atoms with van der Waals surface area (Å²) >= 11 is 11.9. The molecule has 0 fully saturated rings. The maximum absolute atomic E-state index is 14.1. The molecule has 0 saturated heterocycles. The van der Waals surface area contributed by atoms with Crippen molar-refractivity contribution in [2.75, 3.05) is 5.88 Å². The molecule has 0 radical (unpaired) electrons. The summed E-state index contributed by atoms with van der Waals surface area (Å²) in [5.41, 5.74) is 2.26. The highest BCUT2D eigenvalue weighted by atomic mass is 35.5. The van der Waals surface area contributed by atoms with Gasteiger partial charge >= 0.3 is 0 Å². The Kier molecular flexibility index (Phi) is 5.06. The smallest absolute Gasteiger partial charge is 0.238 e. The fourth-order valence-corrected chi connectivity index (χ4v) is 3.51. The molecule has 1 aliphatic carbocycles. The molecule has 3 rings (SSSR count). The van der Waals surface area contributed by atoms with E-state index in [4.69, 9.17) is 23.2 Å². The van der Waals surface area contributed by atoms with Gasteiger partial charge in [0.1, 0.15) is 11.7 Å². The zero-order chi connectivity index (χ0) is 17.3. The summed E-state index contributed by atoms with van der Waals surface area (Å²) in [5.74, 6) is -0.824. The molecule has 0 aliphatic heterocycles. The van der Waals surface area contributed by atoms with Crippen LogP contribution in [-0.2, 0) is 31.2 Å². The zero-order valence-corrected chi connectivity index (χ0v) is 14.7. The van der Waals surface area contributed by atoms with E-state index in [1.165, 1.54) is 6.07 Å². The molecule has 1 amide bonds. The second-order valence-corrected chi connectivity index (χ2v) is 6.53. The van der Waals surface area contributed by atoms with Gasteiger partial charge in [0.15, 0.2) is 0 Å². The maximum atomic E-state index is 14.1. The largest absolute Gasteiger partial charge is 0.334 e. The van der Waals surface area contributed by atoms with Gasteiger partial charge in [-0.2, -0.15) is 0 Å². The molecule has 8 heteroatoms. The van der Waals surface area contributed by atoms with Crippen LogP contribution in [0.15, 0.2) is 18.2 Å². The summed E-state index contributed by atoms with van der Waals surface area (Å²) in [7, 11) is 1.85. The third kappa shape index (κ3) is 3.26. The lowest BCUT2D eigenvalue weighted by Gasteiger charge is -2.34. The Hall–Kier alpha value is -1.66. The number of alkyl halides is 1.